The molecule has 2 aliphatic heterocycles. The van der Waals surface area contributed by atoms with E-state index in [1.54, 1.807) is 13.2 Å². The van der Waals surface area contributed by atoms with Crippen molar-refractivity contribution >= 4 is 27.4 Å². The molecule has 0 amide bonds. The molecule has 3 aromatic carbocycles. The number of hydrogen-bond donors (Lipinski definition) is 1. The molecule has 0 aliphatic carbocycles. The molecule has 0 saturated carbocycles. The standard InChI is InChI=1S/C29H29BrF2N2O3/c1-36-14-15-37-22-6-3-20(4-7-22)27-28(35)23-8-5-21(30)17-26(23)33-29(27)10-12-34(13-11-29)18-19-2-9-24(31)25(32)16-19/h2-9,16-17,27,33H,10-15,18H2,1H3. The quantitative estimate of drug-likeness (QED) is 0.344. The van der Waals surface area contributed by atoms with Crippen molar-refractivity contribution in [2.75, 3.05) is 38.7 Å². The summed E-state index contributed by atoms with van der Waals surface area (Å²) in [6.07, 6.45) is 1.45. The minimum Gasteiger partial charge on any atom is -0.491 e. The zero-order valence-corrected chi connectivity index (χ0v) is 22.2. The van der Waals surface area contributed by atoms with E-state index in [4.69, 9.17) is 9.47 Å². The van der Waals surface area contributed by atoms with Crippen LogP contribution in [0.3, 0.4) is 0 Å². The molecule has 0 aromatic heterocycles. The van der Waals surface area contributed by atoms with Crippen molar-refractivity contribution in [3.8, 4) is 5.75 Å². The maximum absolute atomic E-state index is 13.9. The van der Waals surface area contributed by atoms with Crippen LogP contribution in [0.5, 0.6) is 5.75 Å². The van der Waals surface area contributed by atoms with Crippen molar-refractivity contribution in [2.24, 2.45) is 0 Å². The monoisotopic (exact) mass is 570 g/mol. The lowest BCUT2D eigenvalue weighted by Crippen LogP contribution is -2.56. The number of hydrogen-bond acceptors (Lipinski definition) is 5. The predicted molar refractivity (Wildman–Crippen MR) is 142 cm³/mol. The van der Waals surface area contributed by atoms with Crippen LogP contribution < -0.4 is 10.1 Å². The molecule has 37 heavy (non-hydrogen) atoms. The fraction of sp³-hybridized carbons (Fsp3) is 0.345. The van der Waals surface area contributed by atoms with Crippen LogP contribution in [0.4, 0.5) is 14.5 Å². The van der Waals surface area contributed by atoms with Gasteiger partial charge in [0.2, 0.25) is 0 Å². The minimum atomic E-state index is -0.839. The first-order valence-corrected chi connectivity index (χ1v) is 13.2. The molecule has 2 heterocycles. The molecule has 0 radical (unpaired) electrons. The third kappa shape index (κ3) is 5.42. The zero-order chi connectivity index (χ0) is 26.0. The highest BCUT2D eigenvalue weighted by Crippen LogP contribution is 2.47. The number of nitrogens with zero attached hydrogens (tertiary/aromatic N) is 1. The van der Waals surface area contributed by atoms with Crippen LogP contribution in [-0.2, 0) is 11.3 Å². The van der Waals surface area contributed by atoms with E-state index < -0.39 is 17.2 Å². The highest BCUT2D eigenvalue weighted by atomic mass is 79.9. The van der Waals surface area contributed by atoms with Gasteiger partial charge < -0.3 is 14.8 Å². The molecule has 1 N–H and O–H groups in total. The maximum atomic E-state index is 13.9. The van der Waals surface area contributed by atoms with E-state index in [0.29, 0.717) is 25.3 Å². The summed E-state index contributed by atoms with van der Waals surface area (Å²) in [6, 6.07) is 17.5. The van der Waals surface area contributed by atoms with E-state index >= 15 is 0 Å². The van der Waals surface area contributed by atoms with Crippen LogP contribution >= 0.6 is 15.9 Å². The lowest BCUT2D eigenvalue weighted by Gasteiger charge is -2.50. The van der Waals surface area contributed by atoms with Crippen molar-refractivity contribution in [3.05, 3.63) is 93.5 Å². The number of carbonyl (C=O) groups is 1. The van der Waals surface area contributed by atoms with E-state index in [9.17, 15) is 13.6 Å². The van der Waals surface area contributed by atoms with Crippen molar-refractivity contribution < 1.29 is 23.0 Å². The number of nitrogens with one attached hydrogen (secondary N) is 1. The lowest BCUT2D eigenvalue weighted by molar-refractivity contribution is 0.0842. The van der Waals surface area contributed by atoms with Crippen LogP contribution in [0.25, 0.3) is 0 Å². The molecule has 2 aliphatic rings. The van der Waals surface area contributed by atoms with Gasteiger partial charge in [0.05, 0.1) is 18.1 Å². The number of rotatable bonds is 7. The van der Waals surface area contributed by atoms with Gasteiger partial charge in [0.25, 0.3) is 0 Å². The van der Waals surface area contributed by atoms with Crippen molar-refractivity contribution in [3.63, 3.8) is 0 Å². The Morgan fingerprint density at radius 2 is 1.76 bits per heavy atom. The lowest BCUT2D eigenvalue weighted by atomic mass is 9.67. The fourth-order valence-corrected chi connectivity index (χ4v) is 5.83. The molecule has 3 aromatic rings. The van der Waals surface area contributed by atoms with E-state index in [1.807, 2.05) is 42.5 Å². The molecule has 194 valence electrons. The van der Waals surface area contributed by atoms with Gasteiger partial charge in [-0.3, -0.25) is 9.69 Å². The molecule has 1 atom stereocenters. The van der Waals surface area contributed by atoms with E-state index in [1.165, 1.54) is 12.1 Å². The van der Waals surface area contributed by atoms with Gasteiger partial charge in [0.1, 0.15) is 12.4 Å². The van der Waals surface area contributed by atoms with E-state index in [2.05, 4.69) is 26.1 Å². The first-order chi connectivity index (χ1) is 17.9. The first kappa shape index (κ1) is 25.8. The number of methoxy groups -OCH3 is 1. The van der Waals surface area contributed by atoms with Crippen molar-refractivity contribution in [1.82, 2.24) is 4.90 Å². The normalized spacial score (nSPS) is 18.9. The number of Topliss-reactive ketones (excluding diaryl/α,β-unsaturated/α-hetero) is 1. The summed E-state index contributed by atoms with van der Waals surface area (Å²) in [4.78, 5) is 16.2. The SMILES string of the molecule is COCCOc1ccc(C2C(=O)c3ccc(Br)cc3NC23CCN(Cc2ccc(F)c(F)c2)CC3)cc1. The Labute approximate surface area is 223 Å². The summed E-state index contributed by atoms with van der Waals surface area (Å²) in [5, 5.41) is 3.75. The number of benzene rings is 3. The summed E-state index contributed by atoms with van der Waals surface area (Å²) in [5.74, 6) is -1.20. The second kappa shape index (κ2) is 10.9. The summed E-state index contributed by atoms with van der Waals surface area (Å²) >= 11 is 3.53. The molecule has 1 spiro atoms. The summed E-state index contributed by atoms with van der Waals surface area (Å²) in [7, 11) is 1.63. The Kier molecular flexibility index (Phi) is 7.60. The number of ketones is 1. The zero-order valence-electron chi connectivity index (χ0n) is 20.6. The Balaban J connectivity index is 1.40. The van der Waals surface area contributed by atoms with Crippen LogP contribution in [0.15, 0.2) is 65.1 Å². The molecule has 5 nitrogen and oxygen atoms in total. The maximum Gasteiger partial charge on any atom is 0.174 e. The molecule has 1 saturated heterocycles. The predicted octanol–water partition coefficient (Wildman–Crippen LogP) is 6.18. The fourth-order valence-electron chi connectivity index (χ4n) is 5.47. The third-order valence-corrected chi connectivity index (χ3v) is 7.85. The van der Waals surface area contributed by atoms with Gasteiger partial charge in [0.15, 0.2) is 17.4 Å². The van der Waals surface area contributed by atoms with Gasteiger partial charge in [-0.2, -0.15) is 0 Å². The van der Waals surface area contributed by atoms with Crippen LogP contribution in [-0.4, -0.2) is 49.6 Å². The van der Waals surface area contributed by atoms with Crippen LogP contribution in [0.2, 0.25) is 0 Å². The summed E-state index contributed by atoms with van der Waals surface area (Å²) < 4.78 is 38.8. The molecule has 5 rings (SSSR count). The van der Waals surface area contributed by atoms with E-state index in [0.717, 1.165) is 53.0 Å². The van der Waals surface area contributed by atoms with Gasteiger partial charge in [-0.25, -0.2) is 8.78 Å². The number of ether oxygens (including phenoxy) is 2. The molecular formula is C29H29BrF2N2O3. The van der Waals surface area contributed by atoms with Gasteiger partial charge in [0, 0.05) is 42.5 Å². The van der Waals surface area contributed by atoms with Crippen LogP contribution in [0, 0.1) is 11.6 Å². The molecule has 8 heteroatoms. The highest BCUT2D eigenvalue weighted by molar-refractivity contribution is 9.10. The van der Waals surface area contributed by atoms with Gasteiger partial charge in [-0.15, -0.1) is 0 Å². The third-order valence-electron chi connectivity index (χ3n) is 7.35. The number of anilines is 1. The van der Waals surface area contributed by atoms with Gasteiger partial charge in [-0.1, -0.05) is 34.1 Å². The van der Waals surface area contributed by atoms with Crippen LogP contribution in [0.1, 0.15) is 40.2 Å². The Hall–Kier alpha value is -2.81. The number of fused-ring (bicyclic) bond motifs is 1. The first-order valence-electron chi connectivity index (χ1n) is 12.4. The molecular weight excluding hydrogens is 542 g/mol. The number of halogens is 3. The number of carbonyl (C=O) groups excluding carboxylic acids is 1. The molecule has 1 fully saturated rings. The Morgan fingerprint density at radius 3 is 2.46 bits per heavy atom. The second-order valence-electron chi connectivity index (χ2n) is 9.70. The Bertz CT molecular complexity index is 1280. The van der Waals surface area contributed by atoms with Gasteiger partial charge in [-0.05, 0) is 66.4 Å². The smallest absolute Gasteiger partial charge is 0.174 e. The largest absolute Gasteiger partial charge is 0.491 e. The highest BCUT2D eigenvalue weighted by Gasteiger charge is 2.49. The Morgan fingerprint density at radius 1 is 1.00 bits per heavy atom. The number of likely N-dealkylation sites (tertiary alicyclic amines) is 1. The summed E-state index contributed by atoms with van der Waals surface area (Å²) in [6.45, 7) is 2.93. The second-order valence-corrected chi connectivity index (χ2v) is 10.6. The topological polar surface area (TPSA) is 50.8 Å². The average Bonchev–Trinajstić information content (AvgIpc) is 2.88. The summed E-state index contributed by atoms with van der Waals surface area (Å²) in [5.41, 5.74) is 2.73. The average molecular weight is 571 g/mol. The van der Waals surface area contributed by atoms with Crippen molar-refractivity contribution in [1.29, 1.82) is 0 Å². The van der Waals surface area contributed by atoms with Crippen molar-refractivity contribution in [2.45, 2.75) is 30.8 Å². The van der Waals surface area contributed by atoms with Gasteiger partial charge >= 0.3 is 0 Å². The molecule has 1 unspecified atom stereocenters. The molecule has 0 bridgehead atoms. The van der Waals surface area contributed by atoms with E-state index in [-0.39, 0.29) is 11.7 Å². The minimum absolute atomic E-state index is 0.100. The number of piperidine rings is 1.